The highest BCUT2D eigenvalue weighted by molar-refractivity contribution is 5.35. The minimum Gasteiger partial charge on any atom is -0.317 e. The Labute approximate surface area is 116 Å². The molecule has 4 rings (SSSR count). The summed E-state index contributed by atoms with van der Waals surface area (Å²) in [6.07, 6.45) is 6.85. The maximum Gasteiger partial charge on any atom is 0.0243 e. The molecule has 0 aromatic heterocycles. The van der Waals surface area contributed by atoms with E-state index in [0.717, 1.165) is 12.0 Å². The van der Waals surface area contributed by atoms with Gasteiger partial charge in [-0.2, -0.15) is 0 Å². The van der Waals surface area contributed by atoms with Crippen molar-refractivity contribution in [3.8, 4) is 0 Å². The zero-order valence-electron chi connectivity index (χ0n) is 11.7. The summed E-state index contributed by atoms with van der Waals surface area (Å²) in [5, 5.41) is 3.46. The number of piperidine rings is 1. The van der Waals surface area contributed by atoms with Crippen molar-refractivity contribution in [3.63, 3.8) is 0 Å². The minimum absolute atomic E-state index is 0.903. The second kappa shape index (κ2) is 4.92. The Morgan fingerprint density at radius 1 is 1.00 bits per heavy atom. The molecule has 2 nitrogen and oxygen atoms in total. The minimum atomic E-state index is 0.903. The molecule has 0 unspecified atom stereocenters. The molecule has 1 saturated heterocycles. The highest BCUT2D eigenvalue weighted by atomic mass is 15.2. The van der Waals surface area contributed by atoms with Crippen LogP contribution in [0.5, 0.6) is 0 Å². The molecule has 1 N–H and O–H groups in total. The van der Waals surface area contributed by atoms with Crippen molar-refractivity contribution in [2.45, 2.75) is 51.2 Å². The molecule has 0 bridgehead atoms. The van der Waals surface area contributed by atoms with Gasteiger partial charge in [-0.1, -0.05) is 18.2 Å². The van der Waals surface area contributed by atoms with Gasteiger partial charge in [0.1, 0.15) is 0 Å². The Bertz CT molecular complexity index is 458. The van der Waals surface area contributed by atoms with Gasteiger partial charge in [0.05, 0.1) is 0 Å². The lowest BCUT2D eigenvalue weighted by molar-refractivity contribution is 0.273. The molecule has 3 aliphatic rings. The van der Waals surface area contributed by atoms with Crippen LogP contribution in [0.1, 0.15) is 42.4 Å². The van der Waals surface area contributed by atoms with Crippen LogP contribution in [0.2, 0.25) is 0 Å². The molecule has 0 radical (unpaired) electrons. The predicted molar refractivity (Wildman–Crippen MR) is 78.0 cm³/mol. The lowest BCUT2D eigenvalue weighted by Gasteiger charge is -2.22. The second-order valence-corrected chi connectivity index (χ2v) is 6.64. The first-order valence-electron chi connectivity index (χ1n) is 7.94. The Kier molecular flexibility index (Phi) is 3.08. The van der Waals surface area contributed by atoms with Gasteiger partial charge in [0.15, 0.2) is 0 Å². The van der Waals surface area contributed by atoms with Crippen molar-refractivity contribution < 1.29 is 0 Å². The Hall–Kier alpha value is -0.860. The van der Waals surface area contributed by atoms with E-state index in [9.17, 15) is 0 Å². The highest BCUT2D eigenvalue weighted by Crippen LogP contribution is 2.35. The molecule has 19 heavy (non-hydrogen) atoms. The molecule has 1 saturated carbocycles. The molecule has 0 amide bonds. The van der Waals surface area contributed by atoms with Gasteiger partial charge in [-0.05, 0) is 67.8 Å². The maximum absolute atomic E-state index is 3.46. The monoisotopic (exact) mass is 256 g/mol. The van der Waals surface area contributed by atoms with Crippen LogP contribution in [0.3, 0.4) is 0 Å². The van der Waals surface area contributed by atoms with E-state index < -0.39 is 0 Å². The SMILES string of the molecule is c1cc2c(cc1CC1CCNCC1)CN(C1CC1)C2. The molecule has 2 aliphatic heterocycles. The van der Waals surface area contributed by atoms with Crippen LogP contribution >= 0.6 is 0 Å². The molecular weight excluding hydrogens is 232 g/mol. The third kappa shape index (κ3) is 2.56. The van der Waals surface area contributed by atoms with Gasteiger partial charge in [-0.15, -0.1) is 0 Å². The topological polar surface area (TPSA) is 15.3 Å². The molecule has 102 valence electrons. The van der Waals surface area contributed by atoms with Crippen LogP contribution < -0.4 is 5.32 Å². The lowest BCUT2D eigenvalue weighted by atomic mass is 9.90. The van der Waals surface area contributed by atoms with Crippen LogP contribution in [0.15, 0.2) is 18.2 Å². The number of fused-ring (bicyclic) bond motifs is 1. The van der Waals surface area contributed by atoms with E-state index in [0.29, 0.717) is 0 Å². The van der Waals surface area contributed by atoms with Gasteiger partial charge < -0.3 is 5.32 Å². The molecule has 2 heteroatoms. The van der Waals surface area contributed by atoms with Crippen LogP contribution in [0.4, 0.5) is 0 Å². The molecule has 0 atom stereocenters. The Balaban J connectivity index is 1.45. The zero-order chi connectivity index (χ0) is 12.7. The van der Waals surface area contributed by atoms with Crippen LogP contribution in [-0.4, -0.2) is 24.0 Å². The summed E-state index contributed by atoms with van der Waals surface area (Å²) >= 11 is 0. The molecule has 2 heterocycles. The van der Waals surface area contributed by atoms with E-state index in [4.69, 9.17) is 0 Å². The normalized spacial score (nSPS) is 24.6. The number of nitrogens with zero attached hydrogens (tertiary/aromatic N) is 1. The third-order valence-corrected chi connectivity index (χ3v) is 5.06. The second-order valence-electron chi connectivity index (χ2n) is 6.64. The van der Waals surface area contributed by atoms with E-state index in [1.165, 1.54) is 58.3 Å². The van der Waals surface area contributed by atoms with Gasteiger partial charge >= 0.3 is 0 Å². The molecule has 1 aliphatic carbocycles. The van der Waals surface area contributed by atoms with E-state index in [2.05, 4.69) is 28.4 Å². The fourth-order valence-electron chi connectivity index (χ4n) is 3.72. The number of benzene rings is 1. The summed E-state index contributed by atoms with van der Waals surface area (Å²) in [6.45, 7) is 4.84. The van der Waals surface area contributed by atoms with Crippen LogP contribution in [0.25, 0.3) is 0 Å². The summed E-state index contributed by atoms with van der Waals surface area (Å²) in [4.78, 5) is 2.67. The van der Waals surface area contributed by atoms with Crippen molar-refractivity contribution in [2.24, 2.45) is 5.92 Å². The van der Waals surface area contributed by atoms with Crippen molar-refractivity contribution in [1.29, 1.82) is 0 Å². The van der Waals surface area contributed by atoms with Gasteiger partial charge in [0, 0.05) is 19.1 Å². The summed E-state index contributed by atoms with van der Waals surface area (Å²) in [6, 6.07) is 8.19. The fourth-order valence-corrected chi connectivity index (χ4v) is 3.72. The van der Waals surface area contributed by atoms with Gasteiger partial charge in [-0.3, -0.25) is 4.90 Å². The van der Waals surface area contributed by atoms with E-state index in [1.807, 2.05) is 0 Å². The average molecular weight is 256 g/mol. The average Bonchev–Trinajstić information content (AvgIpc) is 3.20. The smallest absolute Gasteiger partial charge is 0.0243 e. The van der Waals surface area contributed by atoms with Crippen molar-refractivity contribution in [1.82, 2.24) is 10.2 Å². The number of rotatable bonds is 3. The summed E-state index contributed by atoms with van der Waals surface area (Å²) in [7, 11) is 0. The standard InChI is InChI=1S/C17H24N2/c1-2-15-11-19(17-3-4-17)12-16(15)10-14(1)9-13-5-7-18-8-6-13/h1-2,10,13,17-18H,3-9,11-12H2. The first kappa shape index (κ1) is 11.9. The Morgan fingerprint density at radius 3 is 2.58 bits per heavy atom. The zero-order valence-corrected chi connectivity index (χ0v) is 11.7. The number of hydrogen-bond donors (Lipinski definition) is 1. The molecule has 1 aromatic rings. The number of nitrogens with one attached hydrogen (secondary N) is 1. The predicted octanol–water partition coefficient (Wildman–Crippen LogP) is 2.71. The highest BCUT2D eigenvalue weighted by Gasteiger charge is 2.32. The van der Waals surface area contributed by atoms with Crippen molar-refractivity contribution in [3.05, 3.63) is 34.9 Å². The third-order valence-electron chi connectivity index (χ3n) is 5.06. The molecule has 2 fully saturated rings. The van der Waals surface area contributed by atoms with Gasteiger partial charge in [-0.25, -0.2) is 0 Å². The summed E-state index contributed by atoms with van der Waals surface area (Å²) in [5.74, 6) is 0.903. The largest absolute Gasteiger partial charge is 0.317 e. The first-order valence-corrected chi connectivity index (χ1v) is 7.94. The molecular formula is C17H24N2. The van der Waals surface area contributed by atoms with E-state index >= 15 is 0 Å². The molecule has 1 aromatic carbocycles. The number of hydrogen-bond acceptors (Lipinski definition) is 2. The molecule has 0 spiro atoms. The quantitative estimate of drug-likeness (QED) is 0.894. The van der Waals surface area contributed by atoms with E-state index in [1.54, 1.807) is 16.7 Å². The van der Waals surface area contributed by atoms with Gasteiger partial charge in [0.2, 0.25) is 0 Å². The van der Waals surface area contributed by atoms with Gasteiger partial charge in [0.25, 0.3) is 0 Å². The van der Waals surface area contributed by atoms with E-state index in [-0.39, 0.29) is 0 Å². The summed E-state index contributed by atoms with van der Waals surface area (Å²) in [5.41, 5.74) is 4.77. The first-order chi connectivity index (χ1) is 9.38. The summed E-state index contributed by atoms with van der Waals surface area (Å²) < 4.78 is 0. The Morgan fingerprint density at radius 2 is 1.79 bits per heavy atom. The van der Waals surface area contributed by atoms with Crippen molar-refractivity contribution >= 4 is 0 Å². The lowest BCUT2D eigenvalue weighted by Crippen LogP contribution is -2.28. The maximum atomic E-state index is 3.46. The van der Waals surface area contributed by atoms with Crippen molar-refractivity contribution in [2.75, 3.05) is 13.1 Å². The fraction of sp³-hybridized carbons (Fsp3) is 0.647. The van der Waals surface area contributed by atoms with Crippen LogP contribution in [0, 0.1) is 5.92 Å². The van der Waals surface area contributed by atoms with Crippen LogP contribution in [-0.2, 0) is 19.5 Å².